The number of nitrogens with one attached hydrogen (secondary N) is 1. The van der Waals surface area contributed by atoms with Gasteiger partial charge in [-0.15, -0.1) is 0 Å². The first-order chi connectivity index (χ1) is 19.5. The van der Waals surface area contributed by atoms with E-state index in [4.69, 9.17) is 4.74 Å². The molecule has 2 aromatic carbocycles. The zero-order valence-corrected chi connectivity index (χ0v) is 22.1. The Morgan fingerprint density at radius 2 is 1.95 bits per heavy atom. The maximum atomic E-state index is 13.8. The van der Waals surface area contributed by atoms with E-state index in [1.807, 2.05) is 30.3 Å². The molecular formula is C30H31FN6O3. The molecule has 1 saturated heterocycles. The minimum atomic E-state index is -0.291. The van der Waals surface area contributed by atoms with Gasteiger partial charge in [0.05, 0.1) is 12.5 Å². The summed E-state index contributed by atoms with van der Waals surface area (Å²) in [7, 11) is 0. The number of nitrogens with zero attached hydrogens (tertiary/aromatic N) is 5. The zero-order chi connectivity index (χ0) is 27.5. The summed E-state index contributed by atoms with van der Waals surface area (Å²) in [5.41, 5.74) is 2.23. The smallest absolute Gasteiger partial charge is 0.274 e. The third-order valence-corrected chi connectivity index (χ3v) is 7.58. The zero-order valence-electron chi connectivity index (χ0n) is 22.1. The number of halogens is 1. The molecule has 0 spiro atoms. The van der Waals surface area contributed by atoms with Gasteiger partial charge in [0, 0.05) is 63.8 Å². The molecule has 4 aromatic rings. The van der Waals surface area contributed by atoms with Gasteiger partial charge < -0.3 is 15.0 Å². The van der Waals surface area contributed by atoms with Crippen LogP contribution in [0.3, 0.4) is 0 Å². The highest BCUT2D eigenvalue weighted by Gasteiger charge is 2.38. The van der Waals surface area contributed by atoms with Gasteiger partial charge >= 0.3 is 0 Å². The molecule has 2 bridgehead atoms. The van der Waals surface area contributed by atoms with Gasteiger partial charge in [0.25, 0.3) is 5.91 Å². The van der Waals surface area contributed by atoms with Crippen molar-refractivity contribution in [2.75, 3.05) is 39.3 Å². The van der Waals surface area contributed by atoms with Crippen molar-refractivity contribution in [2.45, 2.75) is 18.9 Å². The van der Waals surface area contributed by atoms with Gasteiger partial charge in [0.15, 0.2) is 0 Å². The average molecular weight is 543 g/mol. The molecule has 4 heterocycles. The van der Waals surface area contributed by atoms with E-state index in [2.05, 4.69) is 20.2 Å². The number of likely N-dealkylation sites (tertiary alicyclic amines) is 1. The number of fused-ring (bicyclic) bond motifs is 5. The number of carbonyl (C=O) groups excluding carboxylic acids is 2. The number of hydrogen-bond acceptors (Lipinski definition) is 6. The molecule has 206 valence electrons. The lowest BCUT2D eigenvalue weighted by Crippen LogP contribution is -2.42. The first kappa shape index (κ1) is 25.9. The van der Waals surface area contributed by atoms with Crippen LogP contribution in [0.4, 0.5) is 4.39 Å². The predicted molar refractivity (Wildman–Crippen MR) is 146 cm³/mol. The average Bonchev–Trinajstić information content (AvgIpc) is 3.58. The predicted octanol–water partition coefficient (Wildman–Crippen LogP) is 3.13. The second-order valence-electron chi connectivity index (χ2n) is 10.3. The van der Waals surface area contributed by atoms with Crippen molar-refractivity contribution in [3.8, 4) is 5.75 Å². The SMILES string of the molecule is O=C1NCCN(C(=O)c2cn3cccnc3n2)CCCOc2cccc(c2)[C@H]2CN(Cc3cccc(F)c3)C[C@H]12. The van der Waals surface area contributed by atoms with E-state index >= 15 is 0 Å². The molecule has 2 aliphatic heterocycles. The number of hydrogen-bond donors (Lipinski definition) is 1. The molecule has 10 heteroatoms. The number of rotatable bonds is 3. The Bertz CT molecular complexity index is 1490. The molecule has 2 aliphatic rings. The molecule has 0 unspecified atom stereocenters. The minimum absolute atomic E-state index is 0.0386. The Balaban J connectivity index is 1.21. The fourth-order valence-electron chi connectivity index (χ4n) is 5.65. The van der Waals surface area contributed by atoms with Gasteiger partial charge in [-0.1, -0.05) is 24.3 Å². The van der Waals surface area contributed by atoms with E-state index in [1.54, 1.807) is 40.0 Å². The van der Waals surface area contributed by atoms with Crippen LogP contribution in [-0.4, -0.2) is 75.3 Å². The van der Waals surface area contributed by atoms with Crippen LogP contribution < -0.4 is 10.1 Å². The Labute approximate surface area is 231 Å². The number of aromatic nitrogens is 3. The van der Waals surface area contributed by atoms with Gasteiger partial charge in [-0.2, -0.15) is 0 Å². The van der Waals surface area contributed by atoms with Crippen molar-refractivity contribution in [3.63, 3.8) is 0 Å². The summed E-state index contributed by atoms with van der Waals surface area (Å²) in [6.45, 7) is 3.37. The number of carbonyl (C=O) groups is 2. The molecule has 2 amide bonds. The van der Waals surface area contributed by atoms with Crippen LogP contribution in [-0.2, 0) is 11.3 Å². The highest BCUT2D eigenvalue weighted by atomic mass is 19.1. The van der Waals surface area contributed by atoms with Crippen LogP contribution in [0, 0.1) is 11.7 Å². The molecule has 6 rings (SSSR count). The lowest BCUT2D eigenvalue weighted by molar-refractivity contribution is -0.125. The van der Waals surface area contributed by atoms with Gasteiger partial charge in [-0.3, -0.25) is 18.9 Å². The fraction of sp³-hybridized carbons (Fsp3) is 0.333. The van der Waals surface area contributed by atoms with Crippen molar-refractivity contribution >= 4 is 17.6 Å². The van der Waals surface area contributed by atoms with E-state index in [-0.39, 0.29) is 29.5 Å². The van der Waals surface area contributed by atoms with Crippen molar-refractivity contribution in [3.05, 3.63) is 95.8 Å². The summed E-state index contributed by atoms with van der Waals surface area (Å²) in [5, 5.41) is 3.08. The minimum Gasteiger partial charge on any atom is -0.494 e. The second kappa shape index (κ2) is 11.4. The van der Waals surface area contributed by atoms with Gasteiger partial charge in [-0.05, 0) is 47.9 Å². The summed E-state index contributed by atoms with van der Waals surface area (Å²) in [4.78, 5) is 39.4. The molecular weight excluding hydrogens is 511 g/mol. The van der Waals surface area contributed by atoms with Gasteiger partial charge in [-0.25, -0.2) is 14.4 Å². The Hall–Kier alpha value is -4.31. The van der Waals surface area contributed by atoms with E-state index < -0.39 is 0 Å². The normalized spacial score (nSPS) is 20.4. The molecule has 1 N–H and O–H groups in total. The van der Waals surface area contributed by atoms with Crippen LogP contribution in [0.15, 0.2) is 73.2 Å². The Kier molecular flexibility index (Phi) is 7.41. The van der Waals surface area contributed by atoms with E-state index in [0.717, 1.165) is 16.9 Å². The van der Waals surface area contributed by atoms with Gasteiger partial charge in [0.2, 0.25) is 11.7 Å². The molecule has 1 fully saturated rings. The quantitative estimate of drug-likeness (QED) is 0.428. The summed E-state index contributed by atoms with van der Waals surface area (Å²) in [5.74, 6) is 0.329. The highest BCUT2D eigenvalue weighted by Crippen LogP contribution is 2.35. The fourth-order valence-corrected chi connectivity index (χ4v) is 5.65. The van der Waals surface area contributed by atoms with E-state index in [1.165, 1.54) is 12.1 Å². The van der Waals surface area contributed by atoms with Crippen molar-refractivity contribution in [1.29, 1.82) is 0 Å². The van der Waals surface area contributed by atoms with E-state index in [9.17, 15) is 14.0 Å². The Morgan fingerprint density at radius 3 is 2.83 bits per heavy atom. The summed E-state index contributed by atoms with van der Waals surface area (Å²) in [6, 6.07) is 16.3. The highest BCUT2D eigenvalue weighted by molar-refractivity contribution is 5.92. The van der Waals surface area contributed by atoms with Crippen molar-refractivity contribution in [1.82, 2.24) is 29.5 Å². The van der Waals surface area contributed by atoms with Crippen LogP contribution >= 0.6 is 0 Å². The Morgan fingerprint density at radius 1 is 1.07 bits per heavy atom. The van der Waals surface area contributed by atoms with Crippen LogP contribution in [0.1, 0.15) is 34.0 Å². The summed E-state index contributed by atoms with van der Waals surface area (Å²) in [6.07, 6.45) is 5.73. The third kappa shape index (κ3) is 5.67. The first-order valence-electron chi connectivity index (χ1n) is 13.6. The molecule has 9 nitrogen and oxygen atoms in total. The van der Waals surface area contributed by atoms with Crippen LogP contribution in [0.2, 0.25) is 0 Å². The summed E-state index contributed by atoms with van der Waals surface area (Å²) >= 11 is 0. The van der Waals surface area contributed by atoms with Crippen molar-refractivity contribution < 1.29 is 18.7 Å². The molecule has 0 radical (unpaired) electrons. The second-order valence-corrected chi connectivity index (χ2v) is 10.3. The lowest BCUT2D eigenvalue weighted by atomic mass is 9.88. The summed E-state index contributed by atoms with van der Waals surface area (Å²) < 4.78 is 21.6. The number of ether oxygens (including phenoxy) is 1. The van der Waals surface area contributed by atoms with Crippen LogP contribution in [0.5, 0.6) is 5.75 Å². The molecule has 0 saturated carbocycles. The van der Waals surface area contributed by atoms with E-state index in [0.29, 0.717) is 63.8 Å². The third-order valence-electron chi connectivity index (χ3n) is 7.58. The lowest BCUT2D eigenvalue weighted by Gasteiger charge is -2.24. The molecule has 0 aliphatic carbocycles. The molecule has 2 atom stereocenters. The maximum absolute atomic E-state index is 13.8. The topological polar surface area (TPSA) is 92.1 Å². The molecule has 2 aromatic heterocycles. The number of imidazole rings is 1. The standard InChI is InChI=1S/C30H31FN6O3/c31-23-7-1-5-21(15-23)17-35-18-25-22-6-2-8-24(16-22)40-14-4-12-36(13-10-32-28(38)26(25)19-35)29(39)27-20-37-11-3-9-33-30(37)34-27/h1-3,5-9,11,15-16,20,25-26H,4,10,12-14,17-19H2,(H,32,38)/t25-,26+/m1/s1. The number of amides is 2. The first-order valence-corrected chi connectivity index (χ1v) is 13.6. The monoisotopic (exact) mass is 542 g/mol. The van der Waals surface area contributed by atoms with Crippen LogP contribution in [0.25, 0.3) is 5.78 Å². The number of benzene rings is 2. The maximum Gasteiger partial charge on any atom is 0.274 e. The largest absolute Gasteiger partial charge is 0.494 e. The van der Waals surface area contributed by atoms with Crippen molar-refractivity contribution in [2.24, 2.45) is 5.92 Å². The molecule has 40 heavy (non-hydrogen) atoms. The van der Waals surface area contributed by atoms with Gasteiger partial charge in [0.1, 0.15) is 17.3 Å².